The van der Waals surface area contributed by atoms with E-state index in [1.54, 1.807) is 12.4 Å². The van der Waals surface area contributed by atoms with E-state index in [1.165, 1.54) is 11.1 Å². The molecular weight excluding hydrogens is 476 g/mol. The van der Waals surface area contributed by atoms with E-state index < -0.39 is 0 Å². The molecule has 7 rings (SSSR count). The third-order valence-corrected chi connectivity index (χ3v) is 8.07. The predicted molar refractivity (Wildman–Crippen MR) is 145 cm³/mol. The molecule has 3 aromatic heterocycles. The molecule has 1 aliphatic heterocycles. The van der Waals surface area contributed by atoms with Crippen LogP contribution in [-0.2, 0) is 19.6 Å². The molecule has 5 aromatic rings. The zero-order valence-electron chi connectivity index (χ0n) is 21.1. The molecule has 2 aliphatic rings. The van der Waals surface area contributed by atoms with Crippen molar-refractivity contribution >= 4 is 11.3 Å². The van der Waals surface area contributed by atoms with E-state index in [4.69, 9.17) is 15.5 Å². The molecule has 192 valence electrons. The lowest BCUT2D eigenvalue weighted by atomic mass is 9.74. The molecule has 8 nitrogen and oxygen atoms in total. The third-order valence-electron chi connectivity index (χ3n) is 8.07. The van der Waals surface area contributed by atoms with Gasteiger partial charge in [0.05, 0.1) is 0 Å². The van der Waals surface area contributed by atoms with Gasteiger partial charge in [-0.2, -0.15) is 0 Å². The number of aromatic nitrogens is 5. The molecule has 1 aliphatic carbocycles. The minimum absolute atomic E-state index is 0.0414. The Morgan fingerprint density at radius 3 is 2.71 bits per heavy atom. The van der Waals surface area contributed by atoms with Crippen molar-refractivity contribution in [2.75, 3.05) is 5.73 Å². The highest BCUT2D eigenvalue weighted by molar-refractivity contribution is 5.86. The zero-order valence-corrected chi connectivity index (χ0v) is 21.1. The lowest BCUT2D eigenvalue weighted by Crippen LogP contribution is -2.27. The molecule has 1 atom stereocenters. The Morgan fingerprint density at radius 2 is 1.87 bits per heavy atom. The first-order valence-electron chi connectivity index (χ1n) is 13.3. The molecule has 0 radical (unpaired) electrons. The number of aliphatic hydroxyl groups is 1. The van der Waals surface area contributed by atoms with Crippen LogP contribution < -0.4 is 10.5 Å². The molecule has 1 unspecified atom stereocenters. The largest absolute Gasteiger partial charge is 0.485 e. The number of nitrogens with two attached hydrogens (primary N) is 1. The van der Waals surface area contributed by atoms with Gasteiger partial charge in [0, 0.05) is 42.8 Å². The number of nitrogens with zero attached hydrogens (tertiary/aromatic N) is 5. The van der Waals surface area contributed by atoms with Crippen molar-refractivity contribution in [3.63, 3.8) is 0 Å². The van der Waals surface area contributed by atoms with Crippen molar-refractivity contribution in [1.29, 1.82) is 0 Å². The number of rotatable bonds is 6. The van der Waals surface area contributed by atoms with Gasteiger partial charge in [0.25, 0.3) is 0 Å². The van der Waals surface area contributed by atoms with Crippen molar-refractivity contribution in [1.82, 2.24) is 23.9 Å². The van der Waals surface area contributed by atoms with Crippen LogP contribution in [0.3, 0.4) is 0 Å². The Balaban J connectivity index is 1.18. The standard InChI is InChI=1S/C30H30N6O2/c31-29-28-27(22-7-6-21-8-9-24(38-25(21)16-22)20-4-2-1-3-5-20)34-30(36(28)13-11-33-29)23-14-19(15-23)17-35-12-10-32-26(35)18-37/h1-7,10-13,16,19,23-24,37H,8-9,14-15,17-18H2,(H2,31,33). The van der Waals surface area contributed by atoms with Crippen molar-refractivity contribution < 1.29 is 9.84 Å². The Morgan fingerprint density at radius 1 is 1.03 bits per heavy atom. The van der Waals surface area contributed by atoms with Crippen LogP contribution in [0.5, 0.6) is 5.75 Å². The lowest BCUT2D eigenvalue weighted by molar-refractivity contribution is 0.177. The van der Waals surface area contributed by atoms with Crippen LogP contribution in [0, 0.1) is 5.92 Å². The number of aryl methyl sites for hydroxylation is 1. The maximum absolute atomic E-state index is 9.52. The molecule has 3 N–H and O–H groups in total. The summed E-state index contributed by atoms with van der Waals surface area (Å²) in [5, 5.41) is 9.52. The second-order valence-corrected chi connectivity index (χ2v) is 10.4. The Hall–Kier alpha value is -4.17. The summed E-state index contributed by atoms with van der Waals surface area (Å²) in [6.07, 6.45) is 11.4. The fourth-order valence-corrected chi connectivity index (χ4v) is 6.03. The minimum Gasteiger partial charge on any atom is -0.485 e. The SMILES string of the molecule is Nc1nccn2c(C3CC(Cn4ccnc4CO)C3)nc(-c3ccc4c(c3)OC(c3ccccc3)CC4)c12. The number of hydrogen-bond donors (Lipinski definition) is 2. The average Bonchev–Trinajstić information content (AvgIpc) is 3.55. The first-order valence-corrected chi connectivity index (χ1v) is 13.3. The Kier molecular flexibility index (Phi) is 5.62. The number of anilines is 1. The van der Waals surface area contributed by atoms with E-state index in [0.29, 0.717) is 23.5 Å². The third kappa shape index (κ3) is 3.92. The van der Waals surface area contributed by atoms with Gasteiger partial charge < -0.3 is 20.1 Å². The summed E-state index contributed by atoms with van der Waals surface area (Å²) in [7, 11) is 0. The molecule has 0 spiro atoms. The monoisotopic (exact) mass is 506 g/mol. The van der Waals surface area contributed by atoms with E-state index in [2.05, 4.69) is 56.8 Å². The van der Waals surface area contributed by atoms with Gasteiger partial charge in [0.1, 0.15) is 47.1 Å². The van der Waals surface area contributed by atoms with Gasteiger partial charge in [-0.3, -0.25) is 4.40 Å². The van der Waals surface area contributed by atoms with Crippen LogP contribution in [-0.4, -0.2) is 29.0 Å². The van der Waals surface area contributed by atoms with E-state index in [-0.39, 0.29) is 12.7 Å². The van der Waals surface area contributed by atoms with E-state index in [1.807, 2.05) is 23.0 Å². The van der Waals surface area contributed by atoms with Gasteiger partial charge in [-0.15, -0.1) is 0 Å². The molecular formula is C30H30N6O2. The predicted octanol–water partition coefficient (Wildman–Crippen LogP) is 4.93. The van der Waals surface area contributed by atoms with Gasteiger partial charge in [-0.05, 0) is 48.8 Å². The quantitative estimate of drug-likeness (QED) is 0.339. The number of ether oxygens (including phenoxy) is 1. The van der Waals surface area contributed by atoms with Gasteiger partial charge in [0.15, 0.2) is 0 Å². The number of benzene rings is 2. The van der Waals surface area contributed by atoms with Gasteiger partial charge in [-0.1, -0.05) is 42.5 Å². The molecule has 38 heavy (non-hydrogen) atoms. The highest BCUT2D eigenvalue weighted by Gasteiger charge is 2.35. The number of fused-ring (bicyclic) bond motifs is 2. The van der Waals surface area contributed by atoms with Crippen molar-refractivity contribution in [2.45, 2.75) is 50.9 Å². The molecule has 0 saturated heterocycles. The number of aliphatic hydroxyl groups excluding tert-OH is 1. The summed E-state index contributed by atoms with van der Waals surface area (Å²) in [6.45, 7) is 0.817. The van der Waals surface area contributed by atoms with Crippen LogP contribution in [0.4, 0.5) is 5.82 Å². The zero-order chi connectivity index (χ0) is 25.6. The molecule has 0 amide bonds. The lowest BCUT2D eigenvalue weighted by Gasteiger charge is -2.35. The van der Waals surface area contributed by atoms with Gasteiger partial charge in [0.2, 0.25) is 0 Å². The normalized spacial score (nSPS) is 20.6. The van der Waals surface area contributed by atoms with Crippen LogP contribution in [0.25, 0.3) is 16.8 Å². The van der Waals surface area contributed by atoms with E-state index in [9.17, 15) is 5.11 Å². The molecule has 8 heteroatoms. The molecule has 1 fully saturated rings. The van der Waals surface area contributed by atoms with Crippen LogP contribution >= 0.6 is 0 Å². The first-order chi connectivity index (χ1) is 18.7. The topological polar surface area (TPSA) is 103 Å². The van der Waals surface area contributed by atoms with Crippen LogP contribution in [0.2, 0.25) is 0 Å². The number of hydrogen-bond acceptors (Lipinski definition) is 6. The summed E-state index contributed by atoms with van der Waals surface area (Å²) < 4.78 is 10.6. The summed E-state index contributed by atoms with van der Waals surface area (Å²) in [5.41, 5.74) is 11.5. The van der Waals surface area contributed by atoms with Gasteiger partial charge >= 0.3 is 0 Å². The fourth-order valence-electron chi connectivity index (χ4n) is 6.03. The maximum atomic E-state index is 9.52. The number of imidazole rings is 2. The second kappa shape index (κ2) is 9.29. The molecule has 4 heterocycles. The Labute approximate surface area is 220 Å². The molecule has 0 bridgehead atoms. The summed E-state index contributed by atoms with van der Waals surface area (Å²) in [5.74, 6) is 3.97. The number of nitrogen functional groups attached to an aromatic ring is 1. The van der Waals surface area contributed by atoms with E-state index in [0.717, 1.165) is 60.6 Å². The van der Waals surface area contributed by atoms with Gasteiger partial charge in [-0.25, -0.2) is 15.0 Å². The second-order valence-electron chi connectivity index (χ2n) is 10.4. The molecule has 1 saturated carbocycles. The van der Waals surface area contributed by atoms with Crippen molar-refractivity contribution in [3.8, 4) is 17.0 Å². The average molecular weight is 507 g/mol. The van der Waals surface area contributed by atoms with E-state index >= 15 is 0 Å². The smallest absolute Gasteiger partial charge is 0.150 e. The molecule has 2 aromatic carbocycles. The van der Waals surface area contributed by atoms with Crippen molar-refractivity contribution in [2.24, 2.45) is 5.92 Å². The fraction of sp³-hybridized carbons (Fsp3) is 0.300. The Bertz CT molecular complexity index is 1600. The first kappa shape index (κ1) is 23.0. The van der Waals surface area contributed by atoms with Crippen LogP contribution in [0.1, 0.15) is 54.1 Å². The van der Waals surface area contributed by atoms with Crippen LogP contribution in [0.15, 0.2) is 73.3 Å². The summed E-state index contributed by atoms with van der Waals surface area (Å²) in [6, 6.07) is 16.8. The minimum atomic E-state index is -0.0414. The van der Waals surface area contributed by atoms with Crippen molar-refractivity contribution in [3.05, 3.63) is 96.1 Å². The highest BCUT2D eigenvalue weighted by Crippen LogP contribution is 2.45. The summed E-state index contributed by atoms with van der Waals surface area (Å²) >= 11 is 0. The summed E-state index contributed by atoms with van der Waals surface area (Å²) in [4.78, 5) is 13.8. The maximum Gasteiger partial charge on any atom is 0.150 e. The highest BCUT2D eigenvalue weighted by atomic mass is 16.5.